The second kappa shape index (κ2) is 6.57. The molecule has 0 aliphatic carbocycles. The summed E-state index contributed by atoms with van der Waals surface area (Å²) >= 11 is 0. The molecule has 0 aliphatic rings. The predicted molar refractivity (Wildman–Crippen MR) is 99.5 cm³/mol. The van der Waals surface area contributed by atoms with Crippen LogP contribution in [0, 0.1) is 5.21 Å². The number of hydrogen-bond donors (Lipinski definition) is 0. The lowest BCUT2D eigenvalue weighted by Crippen LogP contribution is -2.33. The molecule has 3 aromatic carbocycles. The van der Waals surface area contributed by atoms with Gasteiger partial charge < -0.3 is 5.21 Å². The van der Waals surface area contributed by atoms with Crippen molar-refractivity contribution in [3.8, 4) is 33.8 Å². The zero-order valence-electron chi connectivity index (χ0n) is 13.5. The highest BCUT2D eigenvalue weighted by molar-refractivity contribution is 5.76. The molecule has 0 N–H and O–H groups in total. The standard InChI is InChI=1S/C22H16N2O/c25-24-20(17-10-4-1-5-11-17)16-23-21(18-12-6-2-7-13-18)22(24)19-14-8-3-9-15-19/h1-16H. The highest BCUT2D eigenvalue weighted by atomic mass is 16.5. The van der Waals surface area contributed by atoms with E-state index in [0.717, 1.165) is 21.4 Å². The monoisotopic (exact) mass is 324 g/mol. The molecule has 3 heteroatoms. The van der Waals surface area contributed by atoms with E-state index in [2.05, 4.69) is 4.98 Å². The lowest BCUT2D eigenvalue weighted by atomic mass is 10.0. The number of hydrogen-bond acceptors (Lipinski definition) is 2. The van der Waals surface area contributed by atoms with Crippen LogP contribution in [0.2, 0.25) is 0 Å². The molecule has 0 unspecified atom stereocenters. The molecule has 0 aliphatic heterocycles. The summed E-state index contributed by atoms with van der Waals surface area (Å²) < 4.78 is 0.986. The fourth-order valence-electron chi connectivity index (χ4n) is 2.91. The molecule has 0 spiro atoms. The zero-order valence-corrected chi connectivity index (χ0v) is 13.5. The Kier molecular flexibility index (Phi) is 3.97. The maximum atomic E-state index is 13.2. The molecule has 0 saturated carbocycles. The van der Waals surface area contributed by atoms with Gasteiger partial charge in [-0.2, -0.15) is 4.73 Å². The highest BCUT2D eigenvalue weighted by Gasteiger charge is 2.22. The minimum atomic E-state index is 0.541. The maximum absolute atomic E-state index is 13.2. The minimum absolute atomic E-state index is 0.541. The first kappa shape index (κ1) is 15.1. The first-order chi connectivity index (χ1) is 12.3. The molecule has 0 fully saturated rings. The van der Waals surface area contributed by atoms with Crippen molar-refractivity contribution in [2.45, 2.75) is 0 Å². The third-order valence-electron chi connectivity index (χ3n) is 4.13. The van der Waals surface area contributed by atoms with Gasteiger partial charge in [-0.15, -0.1) is 0 Å². The van der Waals surface area contributed by atoms with E-state index in [-0.39, 0.29) is 0 Å². The molecular formula is C22H16N2O. The lowest BCUT2D eigenvalue weighted by Gasteiger charge is -2.13. The summed E-state index contributed by atoms with van der Waals surface area (Å²) in [7, 11) is 0. The topological polar surface area (TPSA) is 39.8 Å². The van der Waals surface area contributed by atoms with Crippen molar-refractivity contribution in [1.29, 1.82) is 0 Å². The van der Waals surface area contributed by atoms with E-state index in [1.165, 1.54) is 0 Å². The van der Waals surface area contributed by atoms with Gasteiger partial charge in [0.2, 0.25) is 5.69 Å². The molecular weight excluding hydrogens is 308 g/mol. The van der Waals surface area contributed by atoms with Gasteiger partial charge in [0.25, 0.3) is 5.69 Å². The van der Waals surface area contributed by atoms with Crippen LogP contribution in [0.25, 0.3) is 33.8 Å². The van der Waals surface area contributed by atoms with Crippen molar-refractivity contribution in [3.63, 3.8) is 0 Å². The van der Waals surface area contributed by atoms with Crippen molar-refractivity contribution in [1.82, 2.24) is 4.98 Å². The fraction of sp³-hybridized carbons (Fsp3) is 0. The SMILES string of the molecule is [O-][n+]1c(-c2ccccc2)cnc(-c2ccccc2)c1-c1ccccc1. The molecule has 0 bridgehead atoms. The van der Waals surface area contributed by atoms with Crippen molar-refractivity contribution in [2.75, 3.05) is 0 Å². The Labute approximate surface area is 146 Å². The molecule has 1 heterocycles. The van der Waals surface area contributed by atoms with E-state index >= 15 is 0 Å². The Bertz CT molecular complexity index is 984. The van der Waals surface area contributed by atoms with Crippen LogP contribution in [-0.4, -0.2) is 4.98 Å². The van der Waals surface area contributed by atoms with E-state index in [0.29, 0.717) is 17.1 Å². The quantitative estimate of drug-likeness (QED) is 0.404. The van der Waals surface area contributed by atoms with Gasteiger partial charge in [0.05, 0.1) is 0 Å². The van der Waals surface area contributed by atoms with Gasteiger partial charge in [0.15, 0.2) is 0 Å². The highest BCUT2D eigenvalue weighted by Crippen LogP contribution is 2.29. The molecule has 3 nitrogen and oxygen atoms in total. The van der Waals surface area contributed by atoms with Gasteiger partial charge in [-0.25, -0.2) is 4.98 Å². The first-order valence-electron chi connectivity index (χ1n) is 8.13. The smallest absolute Gasteiger partial charge is 0.250 e. The Hall–Kier alpha value is -3.46. The Morgan fingerprint density at radius 1 is 0.600 bits per heavy atom. The van der Waals surface area contributed by atoms with Crippen molar-refractivity contribution >= 4 is 0 Å². The summed E-state index contributed by atoms with van der Waals surface area (Å²) in [5.41, 5.74) is 4.41. The summed E-state index contributed by atoms with van der Waals surface area (Å²) in [6.45, 7) is 0. The van der Waals surface area contributed by atoms with Gasteiger partial charge in [-0.05, 0) is 24.3 Å². The van der Waals surface area contributed by atoms with Crippen LogP contribution in [-0.2, 0) is 0 Å². The van der Waals surface area contributed by atoms with E-state index in [1.807, 2.05) is 91.0 Å². The summed E-state index contributed by atoms with van der Waals surface area (Å²) in [5.74, 6) is 0. The van der Waals surface area contributed by atoms with Crippen LogP contribution in [0.15, 0.2) is 97.2 Å². The van der Waals surface area contributed by atoms with Gasteiger partial charge in [-0.3, -0.25) is 0 Å². The lowest BCUT2D eigenvalue weighted by molar-refractivity contribution is -0.581. The average molecular weight is 324 g/mol. The van der Waals surface area contributed by atoms with Gasteiger partial charge in [0.1, 0.15) is 11.9 Å². The second-order valence-corrected chi connectivity index (χ2v) is 5.73. The molecule has 0 radical (unpaired) electrons. The Morgan fingerprint density at radius 2 is 1.08 bits per heavy atom. The largest absolute Gasteiger partial charge is 0.618 e. The van der Waals surface area contributed by atoms with Crippen molar-refractivity contribution in [3.05, 3.63) is 102 Å². The molecule has 4 rings (SSSR count). The number of aromatic nitrogens is 2. The fourth-order valence-corrected chi connectivity index (χ4v) is 2.91. The number of benzene rings is 3. The third kappa shape index (κ3) is 2.88. The molecule has 1 aromatic heterocycles. The van der Waals surface area contributed by atoms with Crippen molar-refractivity contribution in [2.24, 2.45) is 0 Å². The van der Waals surface area contributed by atoms with Crippen LogP contribution in [0.5, 0.6) is 0 Å². The molecule has 0 amide bonds. The summed E-state index contributed by atoms with van der Waals surface area (Å²) in [6, 6.07) is 29.1. The molecule has 25 heavy (non-hydrogen) atoms. The number of nitrogens with zero attached hydrogens (tertiary/aromatic N) is 2. The predicted octanol–water partition coefficient (Wildman–Crippen LogP) is 4.72. The van der Waals surface area contributed by atoms with Crippen molar-refractivity contribution < 1.29 is 4.73 Å². The van der Waals surface area contributed by atoms with Gasteiger partial charge >= 0.3 is 0 Å². The molecule has 0 saturated heterocycles. The molecule has 4 aromatic rings. The third-order valence-corrected chi connectivity index (χ3v) is 4.13. The minimum Gasteiger partial charge on any atom is -0.618 e. The summed E-state index contributed by atoms with van der Waals surface area (Å²) in [4.78, 5) is 4.64. The van der Waals surface area contributed by atoms with E-state index in [9.17, 15) is 5.21 Å². The molecule has 0 atom stereocenters. The van der Waals surface area contributed by atoms with Crippen LogP contribution in [0.3, 0.4) is 0 Å². The van der Waals surface area contributed by atoms with Crippen LogP contribution < -0.4 is 4.73 Å². The van der Waals surface area contributed by atoms with Crippen LogP contribution >= 0.6 is 0 Å². The van der Waals surface area contributed by atoms with E-state index in [1.54, 1.807) is 6.20 Å². The zero-order chi connectivity index (χ0) is 17.1. The van der Waals surface area contributed by atoms with Crippen LogP contribution in [0.4, 0.5) is 0 Å². The van der Waals surface area contributed by atoms with Gasteiger partial charge in [0, 0.05) is 16.7 Å². The summed E-state index contributed by atoms with van der Waals surface area (Å²) in [6.07, 6.45) is 1.65. The van der Waals surface area contributed by atoms with Gasteiger partial charge in [-0.1, -0.05) is 66.7 Å². The van der Waals surface area contributed by atoms with Crippen LogP contribution in [0.1, 0.15) is 0 Å². The Morgan fingerprint density at radius 3 is 1.64 bits per heavy atom. The second-order valence-electron chi connectivity index (χ2n) is 5.73. The number of rotatable bonds is 3. The maximum Gasteiger partial charge on any atom is 0.250 e. The summed E-state index contributed by atoms with van der Waals surface area (Å²) in [5, 5.41) is 13.2. The average Bonchev–Trinajstić information content (AvgIpc) is 2.70. The van der Waals surface area contributed by atoms with E-state index < -0.39 is 0 Å². The normalized spacial score (nSPS) is 10.6. The Balaban J connectivity index is 2.00. The first-order valence-corrected chi connectivity index (χ1v) is 8.13. The van der Waals surface area contributed by atoms with E-state index in [4.69, 9.17) is 0 Å². The molecule has 120 valence electrons.